The van der Waals surface area contributed by atoms with Gasteiger partial charge >= 0.3 is 0 Å². The van der Waals surface area contributed by atoms with Gasteiger partial charge in [-0.25, -0.2) is 0 Å². The summed E-state index contributed by atoms with van der Waals surface area (Å²) in [6.07, 6.45) is 1.86. The third-order valence-corrected chi connectivity index (χ3v) is 3.83. The van der Waals surface area contributed by atoms with E-state index in [9.17, 15) is 4.79 Å². The largest absolute Gasteiger partial charge is 0.440 e. The minimum atomic E-state index is -0.105. The molecule has 0 N–H and O–H groups in total. The Morgan fingerprint density at radius 3 is 2.39 bits per heavy atom. The molecule has 0 fully saturated rings. The number of carbonyl (C=O) groups excluding carboxylic acids is 1. The van der Waals surface area contributed by atoms with Gasteiger partial charge in [0.2, 0.25) is 0 Å². The molecule has 1 aromatic carbocycles. The number of amides is 1. The number of aryl methyl sites for hydroxylation is 1. The van der Waals surface area contributed by atoms with Crippen molar-refractivity contribution in [3.8, 4) is 0 Å². The minimum Gasteiger partial charge on any atom is -0.440 e. The van der Waals surface area contributed by atoms with Crippen molar-refractivity contribution in [2.75, 3.05) is 33.7 Å². The van der Waals surface area contributed by atoms with Gasteiger partial charge in [-0.2, -0.15) is 0 Å². The number of likely N-dealkylation sites (N-methyl/N-ethyl adjacent to an activating group) is 1. The van der Waals surface area contributed by atoms with E-state index in [2.05, 4.69) is 17.0 Å². The van der Waals surface area contributed by atoms with Crippen molar-refractivity contribution in [1.29, 1.82) is 0 Å². The van der Waals surface area contributed by atoms with E-state index >= 15 is 0 Å². The molecular weight excluding hydrogens is 312 g/mol. The van der Waals surface area contributed by atoms with Crippen LogP contribution in [-0.2, 0) is 6.42 Å². The zero-order valence-electron chi connectivity index (χ0n) is 13.7. The predicted molar refractivity (Wildman–Crippen MR) is 92.9 cm³/mol. The molecule has 1 heterocycles. The van der Waals surface area contributed by atoms with Crippen molar-refractivity contribution < 1.29 is 9.21 Å². The maximum absolute atomic E-state index is 12.6. The summed E-state index contributed by atoms with van der Waals surface area (Å²) in [6, 6.07) is 13.5. The van der Waals surface area contributed by atoms with Gasteiger partial charge in [-0.15, -0.1) is 0 Å². The molecule has 1 aromatic heterocycles. The van der Waals surface area contributed by atoms with Gasteiger partial charge in [-0.3, -0.25) is 4.79 Å². The first-order chi connectivity index (χ1) is 11.1. The number of benzene rings is 1. The van der Waals surface area contributed by atoms with E-state index in [1.165, 1.54) is 5.56 Å². The molecule has 5 heteroatoms. The van der Waals surface area contributed by atoms with Gasteiger partial charge in [0.05, 0.1) is 0 Å². The molecule has 0 saturated carbocycles. The SMILES string of the molecule is CN(C)CCN(CCCc1ccccc1)C(=O)c1ccc(Cl)o1. The summed E-state index contributed by atoms with van der Waals surface area (Å²) in [6.45, 7) is 2.17. The first-order valence-corrected chi connectivity index (χ1v) is 8.17. The Bertz CT molecular complexity index is 610. The van der Waals surface area contributed by atoms with Crippen molar-refractivity contribution in [2.24, 2.45) is 0 Å². The smallest absolute Gasteiger partial charge is 0.289 e. The highest BCUT2D eigenvalue weighted by Gasteiger charge is 2.19. The van der Waals surface area contributed by atoms with Gasteiger partial charge in [0, 0.05) is 19.6 Å². The van der Waals surface area contributed by atoms with Crippen LogP contribution >= 0.6 is 11.6 Å². The van der Waals surface area contributed by atoms with Crippen molar-refractivity contribution in [1.82, 2.24) is 9.80 Å². The van der Waals surface area contributed by atoms with Crippen molar-refractivity contribution in [2.45, 2.75) is 12.8 Å². The third-order valence-electron chi connectivity index (χ3n) is 3.62. The van der Waals surface area contributed by atoms with E-state index in [4.69, 9.17) is 16.0 Å². The summed E-state index contributed by atoms with van der Waals surface area (Å²) in [7, 11) is 3.99. The summed E-state index contributed by atoms with van der Waals surface area (Å²) < 4.78 is 5.26. The summed E-state index contributed by atoms with van der Waals surface area (Å²) in [5, 5.41) is 0.241. The van der Waals surface area contributed by atoms with E-state index in [0.29, 0.717) is 18.8 Å². The number of halogens is 1. The van der Waals surface area contributed by atoms with Crippen LogP contribution in [-0.4, -0.2) is 49.4 Å². The van der Waals surface area contributed by atoms with Gasteiger partial charge in [-0.1, -0.05) is 30.3 Å². The van der Waals surface area contributed by atoms with Crippen LogP contribution in [0.2, 0.25) is 5.22 Å². The lowest BCUT2D eigenvalue weighted by atomic mass is 10.1. The molecule has 0 spiro atoms. The van der Waals surface area contributed by atoms with E-state index in [1.807, 2.05) is 37.2 Å². The molecule has 124 valence electrons. The average molecular weight is 335 g/mol. The molecule has 0 radical (unpaired) electrons. The fourth-order valence-corrected chi connectivity index (χ4v) is 2.49. The van der Waals surface area contributed by atoms with E-state index in [1.54, 1.807) is 12.1 Å². The molecule has 0 unspecified atom stereocenters. The van der Waals surface area contributed by atoms with Crippen LogP contribution in [0.25, 0.3) is 0 Å². The van der Waals surface area contributed by atoms with Crippen LogP contribution in [0.3, 0.4) is 0 Å². The van der Waals surface area contributed by atoms with Crippen molar-refractivity contribution in [3.05, 3.63) is 59.0 Å². The highest BCUT2D eigenvalue weighted by Crippen LogP contribution is 2.15. The third kappa shape index (κ3) is 5.73. The van der Waals surface area contributed by atoms with Gasteiger partial charge in [0.25, 0.3) is 5.91 Å². The lowest BCUT2D eigenvalue weighted by Gasteiger charge is -2.23. The second kappa shape index (κ2) is 8.75. The fraction of sp³-hybridized carbons (Fsp3) is 0.389. The van der Waals surface area contributed by atoms with E-state index < -0.39 is 0 Å². The van der Waals surface area contributed by atoms with Gasteiger partial charge in [-0.05, 0) is 56.2 Å². The second-order valence-electron chi connectivity index (χ2n) is 5.79. The van der Waals surface area contributed by atoms with Crippen LogP contribution in [0.1, 0.15) is 22.5 Å². The second-order valence-corrected chi connectivity index (χ2v) is 6.16. The first-order valence-electron chi connectivity index (χ1n) is 7.79. The zero-order chi connectivity index (χ0) is 16.7. The zero-order valence-corrected chi connectivity index (χ0v) is 14.4. The number of rotatable bonds is 8. The van der Waals surface area contributed by atoms with Gasteiger partial charge < -0.3 is 14.2 Å². The van der Waals surface area contributed by atoms with Crippen LogP contribution in [0.5, 0.6) is 0 Å². The molecule has 2 aromatic rings. The lowest BCUT2D eigenvalue weighted by Crippen LogP contribution is -2.37. The standard InChI is InChI=1S/C18H23ClN2O2/c1-20(2)13-14-21(18(22)16-10-11-17(19)23-16)12-6-9-15-7-4-3-5-8-15/h3-5,7-8,10-11H,6,9,12-14H2,1-2H3. The number of hydrogen-bond donors (Lipinski definition) is 0. The Balaban J connectivity index is 1.94. The van der Waals surface area contributed by atoms with Crippen LogP contribution in [0.4, 0.5) is 0 Å². The molecule has 4 nitrogen and oxygen atoms in total. The fourth-order valence-electron chi connectivity index (χ4n) is 2.34. The molecule has 0 aliphatic carbocycles. The maximum atomic E-state index is 12.6. The van der Waals surface area contributed by atoms with E-state index in [-0.39, 0.29) is 11.1 Å². The summed E-state index contributed by atoms with van der Waals surface area (Å²) in [5.41, 5.74) is 1.29. The molecule has 0 saturated heterocycles. The first kappa shape index (κ1) is 17.6. The highest BCUT2D eigenvalue weighted by atomic mass is 35.5. The van der Waals surface area contributed by atoms with Crippen molar-refractivity contribution >= 4 is 17.5 Å². The monoisotopic (exact) mass is 334 g/mol. The average Bonchev–Trinajstić information content (AvgIpc) is 2.97. The van der Waals surface area contributed by atoms with Gasteiger partial charge in [0.1, 0.15) is 0 Å². The van der Waals surface area contributed by atoms with Crippen molar-refractivity contribution in [3.63, 3.8) is 0 Å². The molecule has 0 aliphatic rings. The number of furan rings is 1. The topological polar surface area (TPSA) is 36.7 Å². The Kier molecular flexibility index (Phi) is 6.68. The van der Waals surface area contributed by atoms with Crippen LogP contribution < -0.4 is 0 Å². The summed E-state index contributed by atoms with van der Waals surface area (Å²) in [5.74, 6) is 0.195. The Hall–Kier alpha value is -1.78. The molecule has 0 bridgehead atoms. The minimum absolute atomic E-state index is 0.105. The van der Waals surface area contributed by atoms with Crippen LogP contribution in [0, 0.1) is 0 Å². The van der Waals surface area contributed by atoms with Gasteiger partial charge in [0.15, 0.2) is 11.0 Å². The quantitative estimate of drug-likeness (QED) is 0.740. The Morgan fingerprint density at radius 1 is 1.04 bits per heavy atom. The highest BCUT2D eigenvalue weighted by molar-refractivity contribution is 6.29. The number of nitrogens with zero attached hydrogens (tertiary/aromatic N) is 2. The number of hydrogen-bond acceptors (Lipinski definition) is 3. The Labute approximate surface area is 142 Å². The molecule has 1 amide bonds. The molecule has 23 heavy (non-hydrogen) atoms. The summed E-state index contributed by atoms with van der Waals surface area (Å²) in [4.78, 5) is 16.5. The lowest BCUT2D eigenvalue weighted by molar-refractivity contribution is 0.0711. The number of carbonyl (C=O) groups is 1. The summed E-state index contributed by atoms with van der Waals surface area (Å²) >= 11 is 5.78. The van der Waals surface area contributed by atoms with E-state index in [0.717, 1.165) is 19.4 Å². The Morgan fingerprint density at radius 2 is 1.78 bits per heavy atom. The molecular formula is C18H23ClN2O2. The maximum Gasteiger partial charge on any atom is 0.289 e. The molecule has 2 rings (SSSR count). The van der Waals surface area contributed by atoms with Crippen LogP contribution in [0.15, 0.2) is 46.9 Å². The normalized spacial score (nSPS) is 11.0. The molecule has 0 atom stereocenters. The predicted octanol–water partition coefficient (Wildman–Crippen LogP) is 3.57. The molecule has 0 aliphatic heterocycles.